The van der Waals surface area contributed by atoms with Crippen molar-refractivity contribution in [2.24, 2.45) is 0 Å². The molecule has 0 unspecified atom stereocenters. The first kappa shape index (κ1) is 23.2. The van der Waals surface area contributed by atoms with E-state index in [0.29, 0.717) is 28.1 Å². The van der Waals surface area contributed by atoms with Crippen LogP contribution in [0.5, 0.6) is 0 Å². The predicted octanol–water partition coefficient (Wildman–Crippen LogP) is 5.79. The van der Waals surface area contributed by atoms with Gasteiger partial charge in [0.1, 0.15) is 11.4 Å². The first-order valence-corrected chi connectivity index (χ1v) is 10.5. The molecule has 3 rings (SSSR count). The van der Waals surface area contributed by atoms with Gasteiger partial charge in [0, 0.05) is 21.7 Å². The van der Waals surface area contributed by atoms with Crippen molar-refractivity contribution >= 4 is 28.9 Å². The van der Waals surface area contributed by atoms with Crippen molar-refractivity contribution < 1.29 is 23.5 Å². The summed E-state index contributed by atoms with van der Waals surface area (Å²) in [6, 6.07) is 10.2. The molecule has 2 aromatic carbocycles. The molecule has 0 saturated heterocycles. The van der Waals surface area contributed by atoms with Gasteiger partial charge in [0.25, 0.3) is 0 Å². The summed E-state index contributed by atoms with van der Waals surface area (Å²) in [4.78, 5) is 26.3. The van der Waals surface area contributed by atoms with Gasteiger partial charge in [0.15, 0.2) is 5.78 Å². The van der Waals surface area contributed by atoms with E-state index in [1.807, 2.05) is 6.92 Å². The van der Waals surface area contributed by atoms with Gasteiger partial charge in [-0.3, -0.25) is 4.79 Å². The maximum Gasteiger partial charge on any atom is 0.337 e. The number of hydrogen-bond donors (Lipinski definition) is 0. The van der Waals surface area contributed by atoms with Crippen LogP contribution in [0.25, 0.3) is 16.7 Å². The maximum absolute atomic E-state index is 16.1. The minimum absolute atomic E-state index is 0.0123. The van der Waals surface area contributed by atoms with Crippen LogP contribution in [-0.2, 0) is 25.5 Å². The molecule has 0 amide bonds. The zero-order chi connectivity index (χ0) is 23.1. The lowest BCUT2D eigenvalue weighted by Crippen LogP contribution is -2.51. The molecule has 4 nitrogen and oxygen atoms in total. The molecule has 0 radical (unpaired) electrons. The van der Waals surface area contributed by atoms with Crippen LogP contribution in [0.4, 0.5) is 4.39 Å². The number of rotatable bonds is 4. The van der Waals surface area contributed by atoms with Gasteiger partial charge in [-0.25, -0.2) is 9.18 Å². The second-order valence-electron chi connectivity index (χ2n) is 8.52. The van der Waals surface area contributed by atoms with Gasteiger partial charge in [-0.1, -0.05) is 42.8 Å². The number of aryl methyl sites for hydroxylation is 1. The first-order valence-electron chi connectivity index (χ1n) is 10.1. The minimum Gasteiger partial charge on any atom is -0.466 e. The monoisotopic (exact) mass is 444 g/mol. The number of halogens is 2. The topological polar surface area (TPSA) is 52.6 Å². The molecule has 0 aliphatic carbocycles. The Morgan fingerprint density at radius 2 is 1.68 bits per heavy atom. The maximum atomic E-state index is 16.1. The summed E-state index contributed by atoms with van der Waals surface area (Å²) in [5, 5.41) is 0.536. The summed E-state index contributed by atoms with van der Waals surface area (Å²) in [5.74, 6) is -1.75. The highest BCUT2D eigenvalue weighted by molar-refractivity contribution is 6.31. The third kappa shape index (κ3) is 4.04. The van der Waals surface area contributed by atoms with Crippen molar-refractivity contribution in [2.45, 2.75) is 52.2 Å². The van der Waals surface area contributed by atoms with Gasteiger partial charge in [-0.2, -0.15) is 0 Å². The Kier molecular flexibility index (Phi) is 6.14. The molecule has 1 heterocycles. The Labute approximate surface area is 187 Å². The van der Waals surface area contributed by atoms with Crippen LogP contribution in [0.1, 0.15) is 45.7 Å². The van der Waals surface area contributed by atoms with Crippen molar-refractivity contribution in [3.63, 3.8) is 0 Å². The number of carbonyl (C=O) groups excluding carboxylic acids is 2. The number of methoxy groups -OCH3 is 1. The normalized spacial score (nSPS) is 17.6. The first-order chi connectivity index (χ1) is 14.4. The summed E-state index contributed by atoms with van der Waals surface area (Å²) in [6.07, 6.45) is 0.472. The Bertz CT molecular complexity index is 1080. The van der Waals surface area contributed by atoms with Gasteiger partial charge in [0.2, 0.25) is 0 Å². The molecule has 0 saturated carbocycles. The second kappa shape index (κ2) is 8.21. The number of Topliss-reactive ketones (excluding diaryl/α,β-unsaturated/α-hetero) is 1. The number of esters is 1. The van der Waals surface area contributed by atoms with E-state index in [1.165, 1.54) is 7.11 Å². The van der Waals surface area contributed by atoms with Gasteiger partial charge >= 0.3 is 5.97 Å². The summed E-state index contributed by atoms with van der Waals surface area (Å²) in [5.41, 5.74) is -0.713. The Morgan fingerprint density at radius 1 is 1.06 bits per heavy atom. The van der Waals surface area contributed by atoms with Gasteiger partial charge in [-0.05, 0) is 57.4 Å². The number of carbonyl (C=O) groups is 2. The highest BCUT2D eigenvalue weighted by Gasteiger charge is 2.50. The van der Waals surface area contributed by atoms with E-state index in [4.69, 9.17) is 21.1 Å². The lowest BCUT2D eigenvalue weighted by molar-refractivity contribution is -0.159. The largest absolute Gasteiger partial charge is 0.466 e. The predicted molar refractivity (Wildman–Crippen MR) is 119 cm³/mol. The van der Waals surface area contributed by atoms with Gasteiger partial charge in [-0.15, -0.1) is 0 Å². The molecule has 0 atom stereocenters. The fraction of sp³-hybridized carbons (Fsp3) is 0.360. The molecule has 0 spiro atoms. The molecule has 6 heteroatoms. The van der Waals surface area contributed by atoms with Crippen LogP contribution in [0.2, 0.25) is 5.02 Å². The van der Waals surface area contributed by atoms with E-state index in [0.717, 1.165) is 0 Å². The number of hydrogen-bond acceptors (Lipinski definition) is 4. The fourth-order valence-corrected chi connectivity index (χ4v) is 4.30. The molecule has 0 N–H and O–H groups in total. The molecule has 0 bridgehead atoms. The highest BCUT2D eigenvalue weighted by Crippen LogP contribution is 2.44. The molecule has 2 aromatic rings. The fourth-order valence-electron chi connectivity index (χ4n) is 4.17. The summed E-state index contributed by atoms with van der Waals surface area (Å²) < 4.78 is 27.0. The van der Waals surface area contributed by atoms with Crippen molar-refractivity contribution in [3.8, 4) is 11.1 Å². The molecule has 1 aliphatic heterocycles. The standard InChI is InChI=1S/C25H26ClFO4/c1-7-14-10-13-17(15-8-11-16(26)12-9-15)21(27)18(14)19-20(23(29)30-6)24(2,3)31-25(4,5)22(19)28/h8-13H,7H2,1-6H3. The third-order valence-electron chi connectivity index (χ3n) is 5.54. The molecule has 0 fully saturated rings. The van der Waals surface area contributed by atoms with Crippen LogP contribution < -0.4 is 0 Å². The number of ketones is 1. The summed E-state index contributed by atoms with van der Waals surface area (Å²) >= 11 is 5.98. The van der Waals surface area contributed by atoms with Crippen LogP contribution in [0, 0.1) is 5.82 Å². The molecule has 1 aliphatic rings. The minimum atomic E-state index is -1.25. The molecular weight excluding hydrogens is 419 g/mol. The highest BCUT2D eigenvalue weighted by atomic mass is 35.5. The summed E-state index contributed by atoms with van der Waals surface area (Å²) in [7, 11) is 1.23. The van der Waals surface area contributed by atoms with Crippen molar-refractivity contribution in [1.29, 1.82) is 0 Å². The second-order valence-corrected chi connectivity index (χ2v) is 8.95. The van der Waals surface area contributed by atoms with Crippen LogP contribution in [0.15, 0.2) is 42.0 Å². The Morgan fingerprint density at radius 3 is 2.23 bits per heavy atom. The van der Waals surface area contributed by atoms with Crippen molar-refractivity contribution in [3.05, 3.63) is 63.9 Å². The van der Waals surface area contributed by atoms with E-state index in [9.17, 15) is 9.59 Å². The van der Waals surface area contributed by atoms with E-state index < -0.39 is 28.8 Å². The SMILES string of the molecule is CCc1ccc(-c2ccc(Cl)cc2)c(F)c1C1=C(C(=O)OC)C(C)(C)OC(C)(C)C1=O. The van der Waals surface area contributed by atoms with Gasteiger partial charge < -0.3 is 9.47 Å². The molecule has 164 valence electrons. The molecular formula is C25H26ClFO4. The number of benzene rings is 2. The Balaban J connectivity index is 2.42. The third-order valence-corrected chi connectivity index (χ3v) is 5.79. The average molecular weight is 445 g/mol. The zero-order valence-corrected chi connectivity index (χ0v) is 19.3. The summed E-state index contributed by atoms with van der Waals surface area (Å²) in [6.45, 7) is 8.48. The molecule has 0 aromatic heterocycles. The van der Waals surface area contributed by atoms with Crippen LogP contribution in [0.3, 0.4) is 0 Å². The van der Waals surface area contributed by atoms with E-state index >= 15 is 4.39 Å². The van der Waals surface area contributed by atoms with Crippen LogP contribution in [-0.4, -0.2) is 30.1 Å². The number of ether oxygens (including phenoxy) is 2. The lowest BCUT2D eigenvalue weighted by Gasteiger charge is -2.42. The van der Waals surface area contributed by atoms with E-state index in [2.05, 4.69) is 0 Å². The van der Waals surface area contributed by atoms with Gasteiger partial charge in [0.05, 0.1) is 18.3 Å². The Hall–Kier alpha value is -2.50. The smallest absolute Gasteiger partial charge is 0.337 e. The van der Waals surface area contributed by atoms with E-state index in [1.54, 1.807) is 64.1 Å². The lowest BCUT2D eigenvalue weighted by atomic mass is 9.76. The van der Waals surface area contributed by atoms with Crippen molar-refractivity contribution in [2.75, 3.05) is 7.11 Å². The van der Waals surface area contributed by atoms with E-state index in [-0.39, 0.29) is 16.7 Å². The average Bonchev–Trinajstić information content (AvgIpc) is 2.70. The van der Waals surface area contributed by atoms with Crippen molar-refractivity contribution in [1.82, 2.24) is 0 Å². The molecule has 31 heavy (non-hydrogen) atoms. The zero-order valence-electron chi connectivity index (χ0n) is 18.6. The quantitative estimate of drug-likeness (QED) is 0.560. The van der Waals surface area contributed by atoms with Crippen LogP contribution >= 0.6 is 11.6 Å².